The van der Waals surface area contributed by atoms with E-state index in [9.17, 15) is 0 Å². The Balaban J connectivity index is 1.95. The lowest BCUT2D eigenvalue weighted by molar-refractivity contribution is 0.670. The molecule has 1 heterocycles. The molecule has 0 amide bonds. The van der Waals surface area contributed by atoms with E-state index < -0.39 is 0 Å². The summed E-state index contributed by atoms with van der Waals surface area (Å²) in [6, 6.07) is 12.7. The molecule has 1 aromatic carbocycles. The Morgan fingerprint density at radius 3 is 2.39 bits per heavy atom. The van der Waals surface area contributed by atoms with Gasteiger partial charge in [0.15, 0.2) is 0 Å². The van der Waals surface area contributed by atoms with Gasteiger partial charge in [0, 0.05) is 10.3 Å². The summed E-state index contributed by atoms with van der Waals surface area (Å²) in [6.07, 6.45) is 2.33. The predicted octanol–water partition coefficient (Wildman–Crippen LogP) is 5.72. The third-order valence-electron chi connectivity index (χ3n) is 3.75. The lowest BCUT2D eigenvalue weighted by Gasteiger charge is -2.21. The third-order valence-corrected chi connectivity index (χ3v) is 6.15. The highest BCUT2D eigenvalue weighted by Gasteiger charge is 2.51. The highest BCUT2D eigenvalue weighted by atomic mass is 35.5. The van der Waals surface area contributed by atoms with Gasteiger partial charge in [0.2, 0.25) is 0 Å². The normalized spacial score (nSPS) is 18.6. The first-order chi connectivity index (χ1) is 8.63. The molecular formula is C15H14Cl2S. The molecular weight excluding hydrogens is 283 g/mol. The van der Waals surface area contributed by atoms with Crippen molar-refractivity contribution in [1.29, 1.82) is 0 Å². The van der Waals surface area contributed by atoms with Gasteiger partial charge in [0.05, 0.1) is 9.71 Å². The maximum absolute atomic E-state index is 6.73. The maximum Gasteiger partial charge on any atom is 0.0960 e. The van der Waals surface area contributed by atoms with Crippen molar-refractivity contribution in [3.05, 3.63) is 56.7 Å². The molecule has 0 nitrogen and oxygen atoms in total. The van der Waals surface area contributed by atoms with Crippen molar-refractivity contribution in [1.82, 2.24) is 0 Å². The average molecular weight is 297 g/mol. The van der Waals surface area contributed by atoms with Crippen LogP contribution in [0.25, 0.3) is 0 Å². The van der Waals surface area contributed by atoms with Gasteiger partial charge >= 0.3 is 0 Å². The molecule has 94 valence electrons. The quantitative estimate of drug-likeness (QED) is 0.635. The Morgan fingerprint density at radius 1 is 1.22 bits per heavy atom. The van der Waals surface area contributed by atoms with Gasteiger partial charge in [-0.15, -0.1) is 22.9 Å². The second-order valence-corrected chi connectivity index (χ2v) is 7.11. The summed E-state index contributed by atoms with van der Waals surface area (Å²) in [6.45, 7) is 2.04. The SMILES string of the molecule is Cc1cc(C(Cl)C2(c3ccccc3)CC2)sc1Cl. The molecule has 1 atom stereocenters. The van der Waals surface area contributed by atoms with Crippen molar-refractivity contribution in [3.63, 3.8) is 0 Å². The number of thiophene rings is 1. The maximum atomic E-state index is 6.73. The number of aryl methyl sites for hydroxylation is 1. The van der Waals surface area contributed by atoms with Gasteiger partial charge in [0.1, 0.15) is 0 Å². The fraction of sp³-hybridized carbons (Fsp3) is 0.333. The molecule has 1 unspecified atom stereocenters. The van der Waals surface area contributed by atoms with Gasteiger partial charge in [0.25, 0.3) is 0 Å². The molecule has 3 rings (SSSR count). The van der Waals surface area contributed by atoms with E-state index >= 15 is 0 Å². The van der Waals surface area contributed by atoms with Gasteiger partial charge < -0.3 is 0 Å². The molecule has 3 heteroatoms. The lowest BCUT2D eigenvalue weighted by atomic mass is 9.91. The van der Waals surface area contributed by atoms with E-state index in [0.29, 0.717) is 0 Å². The van der Waals surface area contributed by atoms with Crippen LogP contribution in [0.3, 0.4) is 0 Å². The van der Waals surface area contributed by atoms with Gasteiger partial charge in [-0.1, -0.05) is 41.9 Å². The molecule has 18 heavy (non-hydrogen) atoms. The van der Waals surface area contributed by atoms with Crippen LogP contribution >= 0.6 is 34.5 Å². The van der Waals surface area contributed by atoms with E-state index in [2.05, 4.69) is 36.4 Å². The van der Waals surface area contributed by atoms with Crippen LogP contribution in [0.15, 0.2) is 36.4 Å². The Labute approximate surface area is 122 Å². The number of rotatable bonds is 3. The van der Waals surface area contributed by atoms with Crippen LogP contribution in [0.4, 0.5) is 0 Å². The minimum Gasteiger partial charge on any atom is -0.127 e. The highest BCUT2D eigenvalue weighted by Crippen LogP contribution is 2.60. The molecule has 1 aliphatic carbocycles. The van der Waals surface area contributed by atoms with Crippen LogP contribution in [0.5, 0.6) is 0 Å². The van der Waals surface area contributed by atoms with Crippen molar-refractivity contribution < 1.29 is 0 Å². The van der Waals surface area contributed by atoms with E-state index in [0.717, 1.165) is 9.90 Å². The fourth-order valence-electron chi connectivity index (χ4n) is 2.47. The topological polar surface area (TPSA) is 0 Å². The van der Waals surface area contributed by atoms with Crippen molar-refractivity contribution in [3.8, 4) is 0 Å². The number of hydrogen-bond acceptors (Lipinski definition) is 1. The van der Waals surface area contributed by atoms with Gasteiger partial charge in [-0.05, 0) is 37.0 Å². The number of benzene rings is 1. The second kappa shape index (κ2) is 4.56. The lowest BCUT2D eigenvalue weighted by Crippen LogP contribution is -2.12. The predicted molar refractivity (Wildman–Crippen MR) is 80.0 cm³/mol. The zero-order chi connectivity index (χ0) is 12.8. The van der Waals surface area contributed by atoms with Crippen LogP contribution in [0, 0.1) is 6.92 Å². The average Bonchev–Trinajstić information content (AvgIpc) is 3.13. The first-order valence-electron chi connectivity index (χ1n) is 6.09. The summed E-state index contributed by atoms with van der Waals surface area (Å²) in [7, 11) is 0. The Morgan fingerprint density at radius 2 is 1.89 bits per heavy atom. The second-order valence-electron chi connectivity index (χ2n) is 4.99. The number of alkyl halides is 1. The molecule has 2 aromatic rings. The Bertz CT molecular complexity index is 536. The molecule has 1 aromatic heterocycles. The Kier molecular flexibility index (Phi) is 3.17. The van der Waals surface area contributed by atoms with Crippen LogP contribution in [-0.4, -0.2) is 0 Å². The summed E-state index contributed by atoms with van der Waals surface area (Å²) < 4.78 is 0.861. The van der Waals surface area contributed by atoms with E-state index in [1.807, 2.05) is 6.92 Å². The molecule has 0 N–H and O–H groups in total. The van der Waals surface area contributed by atoms with E-state index in [4.69, 9.17) is 23.2 Å². The van der Waals surface area contributed by atoms with Crippen molar-refractivity contribution in [2.45, 2.75) is 30.6 Å². The minimum atomic E-state index is 0.0381. The summed E-state index contributed by atoms with van der Waals surface area (Å²) in [5, 5.41) is 0.0381. The van der Waals surface area contributed by atoms with Crippen LogP contribution in [0.2, 0.25) is 4.34 Å². The summed E-state index contributed by atoms with van der Waals surface area (Å²) in [4.78, 5) is 1.19. The van der Waals surface area contributed by atoms with Gasteiger partial charge in [-0.25, -0.2) is 0 Å². The summed E-state index contributed by atoms with van der Waals surface area (Å²) in [5.41, 5.74) is 2.61. The monoisotopic (exact) mass is 296 g/mol. The molecule has 0 bridgehead atoms. The van der Waals surface area contributed by atoms with Crippen molar-refractivity contribution in [2.24, 2.45) is 0 Å². The minimum absolute atomic E-state index is 0.0381. The van der Waals surface area contributed by atoms with E-state index in [-0.39, 0.29) is 10.8 Å². The molecule has 0 saturated heterocycles. The molecule has 1 fully saturated rings. The van der Waals surface area contributed by atoms with Crippen LogP contribution in [0.1, 0.15) is 34.2 Å². The number of hydrogen-bond donors (Lipinski definition) is 0. The fourth-order valence-corrected chi connectivity index (χ4v) is 4.33. The van der Waals surface area contributed by atoms with Crippen molar-refractivity contribution >= 4 is 34.5 Å². The zero-order valence-electron chi connectivity index (χ0n) is 10.1. The molecule has 1 aliphatic rings. The van der Waals surface area contributed by atoms with Crippen molar-refractivity contribution in [2.75, 3.05) is 0 Å². The molecule has 0 radical (unpaired) electrons. The Hall–Kier alpha value is -0.500. The zero-order valence-corrected chi connectivity index (χ0v) is 12.4. The van der Waals surface area contributed by atoms with Crippen LogP contribution in [-0.2, 0) is 5.41 Å². The summed E-state index contributed by atoms with van der Waals surface area (Å²) >= 11 is 14.5. The summed E-state index contributed by atoms with van der Waals surface area (Å²) in [5.74, 6) is 0. The standard InChI is InChI=1S/C15H14Cl2S/c1-10-9-12(18-14(10)17)13(16)15(7-8-15)11-5-3-2-4-6-11/h2-6,9,13H,7-8H2,1H3. The largest absolute Gasteiger partial charge is 0.127 e. The van der Waals surface area contributed by atoms with Gasteiger partial charge in [-0.3, -0.25) is 0 Å². The number of halogens is 2. The van der Waals surface area contributed by atoms with Gasteiger partial charge in [-0.2, -0.15) is 0 Å². The molecule has 0 spiro atoms. The molecule has 0 aliphatic heterocycles. The smallest absolute Gasteiger partial charge is 0.0960 e. The first kappa shape index (κ1) is 12.5. The van der Waals surface area contributed by atoms with E-state index in [1.165, 1.54) is 23.3 Å². The van der Waals surface area contributed by atoms with Crippen LogP contribution < -0.4 is 0 Å². The highest BCUT2D eigenvalue weighted by molar-refractivity contribution is 7.16. The molecule has 1 saturated carbocycles. The third kappa shape index (κ3) is 1.99. The first-order valence-corrected chi connectivity index (χ1v) is 7.72. The van der Waals surface area contributed by atoms with E-state index in [1.54, 1.807) is 11.3 Å².